The van der Waals surface area contributed by atoms with Crippen molar-refractivity contribution < 1.29 is 9.53 Å². The molecule has 2 amide bonds. The standard InChI is InChI=1S/C15H20N6O2S/c1-10-9-21(5-6-23-10)13-4-3-12(7-16-13)8-17-14(22)18-15-20-19-11(2)24-15/h3-4,7,10H,5-6,8-9H2,1-2H3,(H2,17,18,20,22)/t10-/m0/s1. The Morgan fingerprint density at radius 1 is 1.46 bits per heavy atom. The third-order valence-electron chi connectivity index (χ3n) is 3.57. The molecule has 1 aliphatic rings. The van der Waals surface area contributed by atoms with Crippen molar-refractivity contribution in [2.45, 2.75) is 26.5 Å². The van der Waals surface area contributed by atoms with Crippen LogP contribution in [0.1, 0.15) is 17.5 Å². The summed E-state index contributed by atoms with van der Waals surface area (Å²) in [6, 6.07) is 3.64. The molecule has 8 nitrogen and oxygen atoms in total. The molecular formula is C15H20N6O2S. The average molecular weight is 348 g/mol. The highest BCUT2D eigenvalue weighted by atomic mass is 32.1. The molecule has 0 aliphatic carbocycles. The maximum atomic E-state index is 11.8. The van der Waals surface area contributed by atoms with Crippen LogP contribution in [-0.2, 0) is 11.3 Å². The molecule has 2 N–H and O–H groups in total. The molecule has 0 saturated carbocycles. The predicted molar refractivity (Wildman–Crippen MR) is 92.4 cm³/mol. The number of hydrogen-bond donors (Lipinski definition) is 2. The zero-order valence-electron chi connectivity index (χ0n) is 13.7. The maximum absolute atomic E-state index is 11.8. The number of nitrogens with one attached hydrogen (secondary N) is 2. The molecule has 1 atom stereocenters. The molecule has 0 radical (unpaired) electrons. The van der Waals surface area contributed by atoms with Crippen LogP contribution in [0.25, 0.3) is 0 Å². The molecule has 1 fully saturated rings. The van der Waals surface area contributed by atoms with Crippen LogP contribution in [0.2, 0.25) is 0 Å². The van der Waals surface area contributed by atoms with Gasteiger partial charge in [0.2, 0.25) is 5.13 Å². The van der Waals surface area contributed by atoms with Gasteiger partial charge in [-0.05, 0) is 25.5 Å². The van der Waals surface area contributed by atoms with Gasteiger partial charge in [0.15, 0.2) is 0 Å². The van der Waals surface area contributed by atoms with E-state index in [1.54, 1.807) is 6.20 Å². The third kappa shape index (κ3) is 4.39. The van der Waals surface area contributed by atoms with E-state index in [-0.39, 0.29) is 12.1 Å². The van der Waals surface area contributed by atoms with E-state index in [2.05, 4.69) is 37.6 Å². The number of morpholine rings is 1. The van der Waals surface area contributed by atoms with Crippen LogP contribution in [0.4, 0.5) is 15.7 Å². The van der Waals surface area contributed by atoms with E-state index < -0.39 is 0 Å². The summed E-state index contributed by atoms with van der Waals surface area (Å²) < 4.78 is 5.54. The Bertz CT molecular complexity index is 690. The molecule has 3 rings (SSSR count). The number of anilines is 2. The lowest BCUT2D eigenvalue weighted by Crippen LogP contribution is -2.41. The number of rotatable bonds is 4. The second kappa shape index (κ2) is 7.54. The fourth-order valence-corrected chi connectivity index (χ4v) is 2.99. The highest BCUT2D eigenvalue weighted by Gasteiger charge is 2.17. The number of carbonyl (C=O) groups excluding carboxylic acids is 1. The van der Waals surface area contributed by atoms with E-state index in [0.29, 0.717) is 11.7 Å². The molecule has 0 unspecified atom stereocenters. The second-order valence-electron chi connectivity index (χ2n) is 5.59. The van der Waals surface area contributed by atoms with Crippen molar-refractivity contribution in [2.75, 3.05) is 29.9 Å². The fraction of sp³-hybridized carbons (Fsp3) is 0.467. The Kier molecular flexibility index (Phi) is 5.21. The largest absolute Gasteiger partial charge is 0.375 e. The van der Waals surface area contributed by atoms with E-state index >= 15 is 0 Å². The molecule has 1 saturated heterocycles. The first kappa shape index (κ1) is 16.6. The van der Waals surface area contributed by atoms with Gasteiger partial charge in [0.1, 0.15) is 10.8 Å². The molecule has 128 valence electrons. The minimum atomic E-state index is -0.308. The average Bonchev–Trinajstić information content (AvgIpc) is 2.98. The molecule has 1 aliphatic heterocycles. The van der Waals surface area contributed by atoms with Crippen LogP contribution in [-0.4, -0.2) is 47.0 Å². The number of nitrogens with zero attached hydrogens (tertiary/aromatic N) is 4. The van der Waals surface area contributed by atoms with Crippen LogP contribution in [0.5, 0.6) is 0 Å². The Morgan fingerprint density at radius 2 is 2.33 bits per heavy atom. The minimum Gasteiger partial charge on any atom is -0.375 e. The highest BCUT2D eigenvalue weighted by molar-refractivity contribution is 7.15. The first-order valence-electron chi connectivity index (χ1n) is 7.76. The number of aromatic nitrogens is 3. The number of pyridine rings is 1. The molecule has 9 heteroatoms. The Labute approximate surface area is 144 Å². The number of carbonyl (C=O) groups is 1. The molecular weight excluding hydrogens is 328 g/mol. The highest BCUT2D eigenvalue weighted by Crippen LogP contribution is 2.16. The summed E-state index contributed by atoms with van der Waals surface area (Å²) in [5.41, 5.74) is 0.934. The van der Waals surface area contributed by atoms with E-state index in [9.17, 15) is 4.79 Å². The van der Waals surface area contributed by atoms with Crippen LogP contribution in [0, 0.1) is 6.92 Å². The van der Waals surface area contributed by atoms with Gasteiger partial charge >= 0.3 is 6.03 Å². The molecule has 3 heterocycles. The van der Waals surface area contributed by atoms with Crippen molar-refractivity contribution in [3.05, 3.63) is 28.9 Å². The lowest BCUT2D eigenvalue weighted by Gasteiger charge is -2.32. The lowest BCUT2D eigenvalue weighted by atomic mass is 10.2. The quantitative estimate of drug-likeness (QED) is 0.875. The van der Waals surface area contributed by atoms with Gasteiger partial charge in [-0.3, -0.25) is 5.32 Å². The predicted octanol–water partition coefficient (Wildman–Crippen LogP) is 1.79. The molecule has 0 bridgehead atoms. The summed E-state index contributed by atoms with van der Waals surface area (Å²) in [6.45, 7) is 6.70. The molecule has 24 heavy (non-hydrogen) atoms. The van der Waals surface area contributed by atoms with Crippen molar-refractivity contribution in [3.8, 4) is 0 Å². The number of urea groups is 1. The van der Waals surface area contributed by atoms with E-state index in [1.807, 2.05) is 19.1 Å². The summed E-state index contributed by atoms with van der Waals surface area (Å²) in [5.74, 6) is 0.933. The van der Waals surface area contributed by atoms with Crippen LogP contribution >= 0.6 is 11.3 Å². The zero-order chi connectivity index (χ0) is 16.9. The van der Waals surface area contributed by atoms with Crippen molar-refractivity contribution in [1.82, 2.24) is 20.5 Å². The van der Waals surface area contributed by atoms with Crippen molar-refractivity contribution >= 4 is 28.3 Å². The van der Waals surface area contributed by atoms with Crippen LogP contribution in [0.15, 0.2) is 18.3 Å². The minimum absolute atomic E-state index is 0.217. The number of aryl methyl sites for hydroxylation is 1. The van der Waals surface area contributed by atoms with E-state index in [1.165, 1.54) is 11.3 Å². The van der Waals surface area contributed by atoms with Gasteiger partial charge in [-0.1, -0.05) is 17.4 Å². The van der Waals surface area contributed by atoms with Crippen molar-refractivity contribution in [2.24, 2.45) is 0 Å². The van der Waals surface area contributed by atoms with Crippen molar-refractivity contribution in [3.63, 3.8) is 0 Å². The summed E-state index contributed by atoms with van der Waals surface area (Å²) in [5, 5.41) is 14.4. The van der Waals surface area contributed by atoms with Gasteiger partial charge in [0, 0.05) is 25.8 Å². The topological polar surface area (TPSA) is 92.3 Å². The second-order valence-corrected chi connectivity index (χ2v) is 6.77. The summed E-state index contributed by atoms with van der Waals surface area (Å²) in [6.07, 6.45) is 2.00. The Hall–Kier alpha value is -2.26. The van der Waals surface area contributed by atoms with Crippen LogP contribution < -0.4 is 15.5 Å². The molecule has 0 spiro atoms. The monoisotopic (exact) mass is 348 g/mol. The fourth-order valence-electron chi connectivity index (χ4n) is 2.41. The van der Waals surface area contributed by atoms with Gasteiger partial charge in [-0.25, -0.2) is 9.78 Å². The number of ether oxygens (including phenoxy) is 1. The Balaban J connectivity index is 1.49. The van der Waals surface area contributed by atoms with E-state index in [0.717, 1.165) is 36.1 Å². The number of hydrogen-bond acceptors (Lipinski definition) is 7. The maximum Gasteiger partial charge on any atom is 0.321 e. The smallest absolute Gasteiger partial charge is 0.321 e. The first-order valence-corrected chi connectivity index (χ1v) is 8.58. The summed E-state index contributed by atoms with van der Waals surface area (Å²) >= 11 is 1.33. The van der Waals surface area contributed by atoms with Gasteiger partial charge in [-0.15, -0.1) is 10.2 Å². The molecule has 2 aromatic rings. The molecule has 0 aromatic carbocycles. The zero-order valence-corrected chi connectivity index (χ0v) is 14.5. The molecule has 2 aromatic heterocycles. The van der Waals surface area contributed by atoms with Gasteiger partial charge in [0.25, 0.3) is 0 Å². The van der Waals surface area contributed by atoms with Gasteiger partial charge in [0.05, 0.1) is 12.7 Å². The van der Waals surface area contributed by atoms with Crippen molar-refractivity contribution in [1.29, 1.82) is 0 Å². The first-order chi connectivity index (χ1) is 11.6. The number of amides is 2. The van der Waals surface area contributed by atoms with Gasteiger partial charge < -0.3 is 15.0 Å². The van der Waals surface area contributed by atoms with E-state index in [4.69, 9.17) is 4.74 Å². The van der Waals surface area contributed by atoms with Crippen LogP contribution in [0.3, 0.4) is 0 Å². The normalized spacial score (nSPS) is 17.6. The lowest BCUT2D eigenvalue weighted by molar-refractivity contribution is 0.0529. The third-order valence-corrected chi connectivity index (χ3v) is 4.33. The Morgan fingerprint density at radius 3 is 3.00 bits per heavy atom. The summed E-state index contributed by atoms with van der Waals surface area (Å²) in [7, 11) is 0. The SMILES string of the molecule is Cc1nnc(NC(=O)NCc2ccc(N3CCO[C@@H](C)C3)nc2)s1. The summed E-state index contributed by atoms with van der Waals surface area (Å²) in [4.78, 5) is 18.5. The van der Waals surface area contributed by atoms with Gasteiger partial charge in [-0.2, -0.15) is 0 Å².